The lowest BCUT2D eigenvalue weighted by atomic mass is 10.0. The Kier molecular flexibility index (Phi) is 4.35. The Morgan fingerprint density at radius 3 is 2.45 bits per heavy atom. The van der Waals surface area contributed by atoms with E-state index in [9.17, 15) is 10.1 Å². The van der Waals surface area contributed by atoms with Crippen LogP contribution in [-0.4, -0.2) is 11.0 Å². The van der Waals surface area contributed by atoms with Crippen molar-refractivity contribution in [2.75, 3.05) is 5.32 Å². The number of nitro groups is 1. The molecule has 0 spiro atoms. The second-order valence-corrected chi connectivity index (χ2v) is 5.06. The smallest absolute Gasteiger partial charge is 0.274 e. The van der Waals surface area contributed by atoms with Gasteiger partial charge in [-0.15, -0.1) is 0 Å². The summed E-state index contributed by atoms with van der Waals surface area (Å²) < 4.78 is 0. The Labute approximate surface area is 118 Å². The number of anilines is 1. The second kappa shape index (κ2) is 6.19. The van der Waals surface area contributed by atoms with Gasteiger partial charge in [-0.05, 0) is 31.5 Å². The Morgan fingerprint density at radius 2 is 1.85 bits per heavy atom. The molecule has 4 heteroatoms. The Morgan fingerprint density at radius 1 is 1.15 bits per heavy atom. The molecule has 2 rings (SSSR count). The van der Waals surface area contributed by atoms with Gasteiger partial charge in [0.1, 0.15) is 0 Å². The molecule has 0 aliphatic carbocycles. The summed E-state index contributed by atoms with van der Waals surface area (Å²) in [7, 11) is 0. The molecule has 1 N–H and O–H groups in total. The molecule has 0 aliphatic rings. The van der Waals surface area contributed by atoms with Crippen molar-refractivity contribution in [1.29, 1.82) is 0 Å². The lowest BCUT2D eigenvalue weighted by Crippen LogP contribution is -2.10. The monoisotopic (exact) mass is 270 g/mol. The first kappa shape index (κ1) is 14.1. The summed E-state index contributed by atoms with van der Waals surface area (Å²) >= 11 is 0. The molecule has 0 amide bonds. The molecule has 0 atom stereocenters. The van der Waals surface area contributed by atoms with Crippen molar-refractivity contribution in [1.82, 2.24) is 0 Å². The van der Waals surface area contributed by atoms with Crippen LogP contribution in [0.25, 0.3) is 0 Å². The predicted octanol–water partition coefficient (Wildman–Crippen LogP) is 4.01. The van der Waals surface area contributed by atoms with Crippen molar-refractivity contribution in [3.8, 4) is 0 Å². The molecule has 0 fully saturated rings. The summed E-state index contributed by atoms with van der Waals surface area (Å²) in [4.78, 5) is 10.9. The van der Waals surface area contributed by atoms with Gasteiger partial charge in [-0.1, -0.05) is 30.3 Å². The van der Waals surface area contributed by atoms with Crippen LogP contribution < -0.4 is 5.32 Å². The van der Waals surface area contributed by atoms with Crippen molar-refractivity contribution in [3.05, 3.63) is 69.8 Å². The van der Waals surface area contributed by atoms with E-state index in [0.29, 0.717) is 6.42 Å². The van der Waals surface area contributed by atoms with E-state index in [2.05, 4.69) is 5.32 Å². The van der Waals surface area contributed by atoms with Gasteiger partial charge in [-0.2, -0.15) is 0 Å². The molecule has 2 aromatic carbocycles. The van der Waals surface area contributed by atoms with Gasteiger partial charge < -0.3 is 5.32 Å². The maximum atomic E-state index is 11.2. The zero-order chi connectivity index (χ0) is 14.5. The van der Waals surface area contributed by atoms with Crippen molar-refractivity contribution in [2.24, 2.45) is 0 Å². The largest absolute Gasteiger partial charge is 0.383 e. The van der Waals surface area contributed by atoms with Gasteiger partial charge in [0.2, 0.25) is 0 Å². The van der Waals surface area contributed by atoms with E-state index in [-0.39, 0.29) is 16.7 Å². The molecule has 0 heterocycles. The quantitative estimate of drug-likeness (QED) is 0.659. The molecular formula is C16H18N2O2. The van der Waals surface area contributed by atoms with Gasteiger partial charge in [-0.25, -0.2) is 0 Å². The molecular weight excluding hydrogens is 252 g/mol. The van der Waals surface area contributed by atoms with E-state index < -0.39 is 0 Å². The van der Waals surface area contributed by atoms with Crippen LogP contribution in [0.3, 0.4) is 0 Å². The lowest BCUT2D eigenvalue weighted by Gasteiger charge is -2.11. The van der Waals surface area contributed by atoms with Crippen LogP contribution in [0.4, 0.5) is 11.4 Å². The van der Waals surface area contributed by atoms with Crippen molar-refractivity contribution >= 4 is 11.4 Å². The van der Waals surface area contributed by atoms with Crippen LogP contribution in [0.1, 0.15) is 25.0 Å². The average Bonchev–Trinajstić information content (AvgIpc) is 2.41. The molecule has 0 saturated carbocycles. The normalized spacial score (nSPS) is 10.6. The zero-order valence-corrected chi connectivity index (χ0v) is 11.7. The third kappa shape index (κ3) is 3.57. The maximum absolute atomic E-state index is 11.2. The fraction of sp³-hybridized carbons (Fsp3) is 0.250. The summed E-state index contributed by atoms with van der Waals surface area (Å²) in [5.74, 6) is 0. The number of rotatable bonds is 5. The van der Waals surface area contributed by atoms with Gasteiger partial charge in [0.25, 0.3) is 5.69 Å². The minimum atomic E-state index is -0.316. The van der Waals surface area contributed by atoms with Crippen LogP contribution >= 0.6 is 0 Å². The first-order chi connectivity index (χ1) is 9.56. The van der Waals surface area contributed by atoms with Gasteiger partial charge >= 0.3 is 0 Å². The molecule has 0 unspecified atom stereocenters. The van der Waals surface area contributed by atoms with Crippen LogP contribution in [0.5, 0.6) is 0 Å². The summed E-state index contributed by atoms with van der Waals surface area (Å²) in [6.07, 6.45) is 0.569. The van der Waals surface area contributed by atoms with Gasteiger partial charge in [0.15, 0.2) is 0 Å². The number of benzene rings is 2. The standard InChI is InChI=1S/C16H18N2O2/c1-12(2)17-15-9-8-14(16(11-15)18(19)20)10-13-6-4-3-5-7-13/h3-9,11-12,17H,10H2,1-2H3. The summed E-state index contributed by atoms with van der Waals surface area (Å²) in [5.41, 5.74) is 2.75. The van der Waals surface area contributed by atoms with Crippen LogP contribution in [0.2, 0.25) is 0 Å². The topological polar surface area (TPSA) is 55.2 Å². The highest BCUT2D eigenvalue weighted by atomic mass is 16.6. The Balaban J connectivity index is 2.30. The average molecular weight is 270 g/mol. The Hall–Kier alpha value is -2.36. The number of nitrogens with one attached hydrogen (secondary N) is 1. The molecule has 0 radical (unpaired) electrons. The molecule has 0 saturated heterocycles. The van der Waals surface area contributed by atoms with E-state index in [1.54, 1.807) is 6.07 Å². The SMILES string of the molecule is CC(C)Nc1ccc(Cc2ccccc2)c([N+](=O)[O-])c1. The van der Waals surface area contributed by atoms with Crippen LogP contribution in [-0.2, 0) is 6.42 Å². The van der Waals surface area contributed by atoms with Gasteiger partial charge in [0.05, 0.1) is 4.92 Å². The molecule has 20 heavy (non-hydrogen) atoms. The second-order valence-electron chi connectivity index (χ2n) is 5.06. The molecule has 104 valence electrons. The third-order valence-corrected chi connectivity index (χ3v) is 2.97. The van der Waals surface area contributed by atoms with Gasteiger partial charge in [-0.3, -0.25) is 10.1 Å². The summed E-state index contributed by atoms with van der Waals surface area (Å²) in [5, 5.41) is 14.4. The van der Waals surface area contributed by atoms with E-state index in [4.69, 9.17) is 0 Å². The van der Waals surface area contributed by atoms with Gasteiger partial charge in [0, 0.05) is 29.8 Å². The van der Waals surface area contributed by atoms with E-state index in [1.807, 2.05) is 56.3 Å². The highest BCUT2D eigenvalue weighted by Gasteiger charge is 2.15. The van der Waals surface area contributed by atoms with E-state index >= 15 is 0 Å². The van der Waals surface area contributed by atoms with Crippen LogP contribution in [0.15, 0.2) is 48.5 Å². The fourth-order valence-electron chi connectivity index (χ4n) is 2.12. The first-order valence-corrected chi connectivity index (χ1v) is 6.64. The fourth-order valence-corrected chi connectivity index (χ4v) is 2.12. The molecule has 0 aliphatic heterocycles. The highest BCUT2D eigenvalue weighted by molar-refractivity contribution is 5.56. The predicted molar refractivity (Wildman–Crippen MR) is 81.1 cm³/mol. The van der Waals surface area contributed by atoms with E-state index in [0.717, 1.165) is 16.8 Å². The van der Waals surface area contributed by atoms with E-state index in [1.165, 1.54) is 0 Å². The number of nitrogens with zero attached hydrogens (tertiary/aromatic N) is 1. The molecule has 0 bridgehead atoms. The first-order valence-electron chi connectivity index (χ1n) is 6.64. The van der Waals surface area contributed by atoms with Crippen LogP contribution in [0, 0.1) is 10.1 Å². The zero-order valence-electron chi connectivity index (χ0n) is 11.7. The number of nitro benzene ring substituents is 1. The number of hydrogen-bond acceptors (Lipinski definition) is 3. The maximum Gasteiger partial charge on any atom is 0.274 e. The van der Waals surface area contributed by atoms with Crippen molar-refractivity contribution < 1.29 is 4.92 Å². The minimum Gasteiger partial charge on any atom is -0.383 e. The summed E-state index contributed by atoms with van der Waals surface area (Å²) in [6, 6.07) is 15.3. The molecule has 4 nitrogen and oxygen atoms in total. The lowest BCUT2D eigenvalue weighted by molar-refractivity contribution is -0.385. The van der Waals surface area contributed by atoms with Crippen molar-refractivity contribution in [3.63, 3.8) is 0 Å². The third-order valence-electron chi connectivity index (χ3n) is 2.97. The molecule has 2 aromatic rings. The number of hydrogen-bond donors (Lipinski definition) is 1. The molecule has 0 aromatic heterocycles. The summed E-state index contributed by atoms with van der Waals surface area (Å²) in [6.45, 7) is 4.01. The highest BCUT2D eigenvalue weighted by Crippen LogP contribution is 2.25. The van der Waals surface area contributed by atoms with Crippen molar-refractivity contribution in [2.45, 2.75) is 26.3 Å². The minimum absolute atomic E-state index is 0.166. The Bertz CT molecular complexity index is 595.